The minimum absolute atomic E-state index is 0.0196. The molecular formula is C23H23N5OS2. The summed E-state index contributed by atoms with van der Waals surface area (Å²) in [4.78, 5) is 19.3. The summed E-state index contributed by atoms with van der Waals surface area (Å²) in [6, 6.07) is 17.8. The molecular weight excluding hydrogens is 426 g/mol. The largest absolute Gasteiger partial charge is 0.336 e. The van der Waals surface area contributed by atoms with Crippen LogP contribution in [-0.4, -0.2) is 43.4 Å². The fourth-order valence-corrected chi connectivity index (χ4v) is 5.10. The highest BCUT2D eigenvalue weighted by Crippen LogP contribution is 2.30. The number of amides is 1. The Morgan fingerprint density at radius 2 is 1.94 bits per heavy atom. The molecule has 0 fully saturated rings. The minimum Gasteiger partial charge on any atom is -0.336 e. The van der Waals surface area contributed by atoms with Crippen LogP contribution < -0.4 is 0 Å². The predicted octanol–water partition coefficient (Wildman–Crippen LogP) is 5.05. The number of para-hydroxylation sites is 1. The van der Waals surface area contributed by atoms with Crippen LogP contribution in [0.25, 0.3) is 21.6 Å². The van der Waals surface area contributed by atoms with Crippen LogP contribution in [0.15, 0.2) is 72.4 Å². The van der Waals surface area contributed by atoms with E-state index >= 15 is 0 Å². The van der Waals surface area contributed by atoms with Crippen molar-refractivity contribution >= 4 is 39.2 Å². The molecule has 0 spiro atoms. The van der Waals surface area contributed by atoms with Crippen LogP contribution in [0.4, 0.5) is 0 Å². The van der Waals surface area contributed by atoms with Crippen molar-refractivity contribution in [2.24, 2.45) is 0 Å². The predicted molar refractivity (Wildman–Crippen MR) is 127 cm³/mol. The normalized spacial score (nSPS) is 12.1. The number of thiazole rings is 1. The van der Waals surface area contributed by atoms with Crippen molar-refractivity contribution in [2.45, 2.75) is 24.7 Å². The van der Waals surface area contributed by atoms with Gasteiger partial charge >= 0.3 is 0 Å². The van der Waals surface area contributed by atoms with Gasteiger partial charge in [0.2, 0.25) is 5.91 Å². The van der Waals surface area contributed by atoms with E-state index < -0.39 is 0 Å². The summed E-state index contributed by atoms with van der Waals surface area (Å²) in [5.41, 5.74) is 1.95. The Labute approximate surface area is 189 Å². The molecule has 0 aliphatic carbocycles. The molecule has 1 amide bonds. The van der Waals surface area contributed by atoms with Crippen molar-refractivity contribution in [3.63, 3.8) is 0 Å². The average Bonchev–Trinajstić information content (AvgIpc) is 3.41. The third-order valence-corrected chi connectivity index (χ3v) is 7.19. The minimum atomic E-state index is -0.101. The van der Waals surface area contributed by atoms with Gasteiger partial charge in [0.25, 0.3) is 0 Å². The van der Waals surface area contributed by atoms with Crippen molar-refractivity contribution in [1.82, 2.24) is 24.6 Å². The van der Waals surface area contributed by atoms with E-state index in [2.05, 4.69) is 22.8 Å². The monoisotopic (exact) mass is 449 g/mol. The van der Waals surface area contributed by atoms with Gasteiger partial charge in [-0.3, -0.25) is 9.36 Å². The quantitative estimate of drug-likeness (QED) is 0.278. The van der Waals surface area contributed by atoms with Gasteiger partial charge < -0.3 is 4.90 Å². The van der Waals surface area contributed by atoms with Crippen LogP contribution in [-0.2, 0) is 11.3 Å². The third kappa shape index (κ3) is 4.55. The van der Waals surface area contributed by atoms with Crippen molar-refractivity contribution in [1.29, 1.82) is 0 Å². The summed E-state index contributed by atoms with van der Waals surface area (Å²) in [7, 11) is 1.82. The van der Waals surface area contributed by atoms with Crippen LogP contribution in [0.1, 0.15) is 18.0 Å². The highest BCUT2D eigenvalue weighted by Gasteiger charge is 2.22. The molecule has 0 saturated heterocycles. The van der Waals surface area contributed by atoms with Gasteiger partial charge in [-0.15, -0.1) is 28.1 Å². The summed E-state index contributed by atoms with van der Waals surface area (Å²) in [6.07, 6.45) is 1.81. The van der Waals surface area contributed by atoms with E-state index in [1.807, 2.05) is 73.1 Å². The van der Waals surface area contributed by atoms with Gasteiger partial charge in [-0.2, -0.15) is 0 Å². The zero-order valence-electron chi connectivity index (χ0n) is 17.4. The Balaban J connectivity index is 1.46. The number of nitrogens with zero attached hydrogens (tertiary/aromatic N) is 5. The van der Waals surface area contributed by atoms with Gasteiger partial charge in [-0.1, -0.05) is 60.3 Å². The maximum atomic E-state index is 12.9. The van der Waals surface area contributed by atoms with Gasteiger partial charge in [0.1, 0.15) is 5.01 Å². The number of thioether (sulfide) groups is 1. The molecule has 0 unspecified atom stereocenters. The number of allylic oxidation sites excluding steroid dienone is 1. The molecule has 0 aliphatic heterocycles. The second kappa shape index (κ2) is 9.45. The lowest BCUT2D eigenvalue weighted by molar-refractivity contribution is -0.128. The first kappa shape index (κ1) is 21.3. The topological polar surface area (TPSA) is 63.9 Å². The summed E-state index contributed by atoms with van der Waals surface area (Å²) < 4.78 is 3.11. The van der Waals surface area contributed by atoms with E-state index in [0.717, 1.165) is 26.6 Å². The molecule has 2 heterocycles. The molecule has 1 atom stereocenters. The Morgan fingerprint density at radius 3 is 2.68 bits per heavy atom. The highest BCUT2D eigenvalue weighted by molar-refractivity contribution is 7.99. The van der Waals surface area contributed by atoms with Crippen molar-refractivity contribution in [3.05, 3.63) is 72.3 Å². The van der Waals surface area contributed by atoms with Crippen molar-refractivity contribution in [3.8, 4) is 11.4 Å². The molecule has 0 radical (unpaired) electrons. The lowest BCUT2D eigenvalue weighted by atomic mass is 10.2. The van der Waals surface area contributed by atoms with Gasteiger partial charge in [0.15, 0.2) is 11.0 Å². The number of hydrogen-bond acceptors (Lipinski definition) is 6. The zero-order valence-corrected chi connectivity index (χ0v) is 19.1. The lowest BCUT2D eigenvalue weighted by Crippen LogP contribution is -2.31. The van der Waals surface area contributed by atoms with Gasteiger partial charge in [0.05, 0.1) is 22.0 Å². The summed E-state index contributed by atoms with van der Waals surface area (Å²) in [5.74, 6) is 1.06. The molecule has 0 saturated carbocycles. The Morgan fingerprint density at radius 1 is 1.19 bits per heavy atom. The number of hydrogen-bond donors (Lipinski definition) is 0. The maximum absolute atomic E-state index is 12.9. The smallest absolute Gasteiger partial charge is 0.233 e. The molecule has 31 heavy (non-hydrogen) atoms. The first-order valence-electron chi connectivity index (χ1n) is 9.92. The third-order valence-electron chi connectivity index (χ3n) is 5.03. The zero-order chi connectivity index (χ0) is 21.8. The molecule has 0 N–H and O–H groups in total. The first-order chi connectivity index (χ1) is 15.1. The van der Waals surface area contributed by atoms with E-state index in [-0.39, 0.29) is 17.7 Å². The number of rotatable bonds is 8. The first-order valence-corrected chi connectivity index (χ1v) is 11.7. The summed E-state index contributed by atoms with van der Waals surface area (Å²) in [6.45, 7) is 6.43. The SMILES string of the molecule is C=CCn1c(SCC(=O)N(C)[C@H](C)c2nc3ccccc3s2)nnc1-c1ccccc1. The number of fused-ring (bicyclic) bond motifs is 1. The van der Waals surface area contributed by atoms with E-state index in [9.17, 15) is 4.79 Å². The molecule has 2 aromatic heterocycles. The number of aromatic nitrogens is 4. The van der Waals surface area contributed by atoms with Crippen LogP contribution in [0.5, 0.6) is 0 Å². The molecule has 158 valence electrons. The molecule has 0 bridgehead atoms. The number of carbonyl (C=O) groups is 1. The second-order valence-corrected chi connectivity index (χ2v) is 9.07. The fourth-order valence-electron chi connectivity index (χ4n) is 3.17. The molecule has 2 aromatic carbocycles. The van der Waals surface area contributed by atoms with Crippen LogP contribution >= 0.6 is 23.1 Å². The Bertz CT molecular complexity index is 1170. The van der Waals surface area contributed by atoms with Gasteiger partial charge in [-0.05, 0) is 19.1 Å². The van der Waals surface area contributed by atoms with E-state index in [0.29, 0.717) is 11.7 Å². The number of carbonyl (C=O) groups excluding carboxylic acids is 1. The number of benzene rings is 2. The van der Waals surface area contributed by atoms with Crippen molar-refractivity contribution < 1.29 is 4.79 Å². The summed E-state index contributed by atoms with van der Waals surface area (Å²) >= 11 is 3.02. The fraction of sp³-hybridized carbons (Fsp3) is 0.217. The second-order valence-electron chi connectivity index (χ2n) is 7.06. The van der Waals surface area contributed by atoms with Crippen LogP contribution in [0.2, 0.25) is 0 Å². The molecule has 8 heteroatoms. The lowest BCUT2D eigenvalue weighted by Gasteiger charge is -2.23. The highest BCUT2D eigenvalue weighted by atomic mass is 32.2. The molecule has 6 nitrogen and oxygen atoms in total. The van der Waals surface area contributed by atoms with E-state index in [1.165, 1.54) is 11.8 Å². The van der Waals surface area contributed by atoms with Gasteiger partial charge in [0, 0.05) is 19.2 Å². The summed E-state index contributed by atoms with van der Waals surface area (Å²) in [5, 5.41) is 10.3. The maximum Gasteiger partial charge on any atom is 0.233 e. The van der Waals surface area contributed by atoms with Gasteiger partial charge in [-0.25, -0.2) is 4.98 Å². The molecule has 4 rings (SSSR count). The van der Waals surface area contributed by atoms with E-state index in [4.69, 9.17) is 4.98 Å². The van der Waals surface area contributed by atoms with Crippen LogP contribution in [0.3, 0.4) is 0 Å². The van der Waals surface area contributed by atoms with Crippen molar-refractivity contribution in [2.75, 3.05) is 12.8 Å². The Hall–Kier alpha value is -2.97. The Kier molecular flexibility index (Phi) is 6.48. The molecule has 4 aromatic rings. The standard InChI is InChI=1S/C23H23N5OS2/c1-4-14-28-21(17-10-6-5-7-11-17)25-26-23(28)30-15-20(29)27(3)16(2)22-24-18-12-8-9-13-19(18)31-22/h4-13,16H,1,14-15H2,2-3H3/t16-/m1/s1. The molecule has 0 aliphatic rings. The van der Waals surface area contributed by atoms with Crippen LogP contribution in [0, 0.1) is 0 Å². The average molecular weight is 450 g/mol. The van der Waals surface area contributed by atoms with E-state index in [1.54, 1.807) is 16.2 Å².